The zero-order valence-electron chi connectivity index (χ0n) is 12.2. The second kappa shape index (κ2) is 7.11. The third-order valence-electron chi connectivity index (χ3n) is 3.96. The summed E-state index contributed by atoms with van der Waals surface area (Å²) < 4.78 is 5.25. The molecule has 0 saturated heterocycles. The molecule has 5 nitrogen and oxygen atoms in total. The molecule has 0 radical (unpaired) electrons. The molecule has 5 heteroatoms. The summed E-state index contributed by atoms with van der Waals surface area (Å²) in [5, 5.41) is 11.9. The van der Waals surface area contributed by atoms with Gasteiger partial charge in [0, 0.05) is 12.5 Å². The number of rotatable bonds is 6. The van der Waals surface area contributed by atoms with E-state index in [1.807, 2.05) is 24.3 Å². The molecule has 0 aromatic heterocycles. The van der Waals surface area contributed by atoms with Crippen LogP contribution < -0.4 is 10.1 Å². The topological polar surface area (TPSA) is 75.6 Å². The second-order valence-corrected chi connectivity index (χ2v) is 5.42. The van der Waals surface area contributed by atoms with Crippen LogP contribution in [0.5, 0.6) is 5.75 Å². The molecule has 2 N–H and O–H groups in total. The predicted molar refractivity (Wildman–Crippen MR) is 78.2 cm³/mol. The fraction of sp³-hybridized carbons (Fsp3) is 0.500. The van der Waals surface area contributed by atoms with Crippen molar-refractivity contribution < 1.29 is 19.4 Å². The molecule has 2 atom stereocenters. The van der Waals surface area contributed by atoms with Gasteiger partial charge in [0.25, 0.3) is 0 Å². The molecular formula is C16H21NO4. The Bertz CT molecular complexity index is 515. The second-order valence-electron chi connectivity index (χ2n) is 5.42. The number of benzene rings is 1. The van der Waals surface area contributed by atoms with Crippen LogP contribution in [-0.2, 0) is 16.0 Å². The van der Waals surface area contributed by atoms with Crippen LogP contribution in [-0.4, -0.2) is 30.1 Å². The maximum absolute atomic E-state index is 11.9. The number of ether oxygens (including phenoxy) is 1. The first-order valence-corrected chi connectivity index (χ1v) is 7.24. The lowest BCUT2D eigenvalue weighted by Crippen LogP contribution is -2.33. The standard InChI is InChI=1S/C16H21NO4/c1-21-14-5-3-2-4-11(14)7-9-15(18)17-13-8-6-12(10-13)16(19)20/h2-5,12-13H,6-10H2,1H3,(H,17,18)(H,19,20). The molecule has 114 valence electrons. The Kier molecular flexibility index (Phi) is 5.20. The fourth-order valence-corrected chi connectivity index (χ4v) is 2.79. The summed E-state index contributed by atoms with van der Waals surface area (Å²) in [4.78, 5) is 22.8. The van der Waals surface area contributed by atoms with Crippen LogP contribution in [0.3, 0.4) is 0 Å². The Morgan fingerprint density at radius 3 is 2.76 bits per heavy atom. The summed E-state index contributed by atoms with van der Waals surface area (Å²) in [5.41, 5.74) is 1.00. The zero-order valence-corrected chi connectivity index (χ0v) is 12.2. The van der Waals surface area contributed by atoms with Gasteiger partial charge in [-0.3, -0.25) is 9.59 Å². The van der Waals surface area contributed by atoms with Gasteiger partial charge in [-0.25, -0.2) is 0 Å². The molecule has 2 rings (SSSR count). The Morgan fingerprint density at radius 2 is 2.10 bits per heavy atom. The number of nitrogens with one attached hydrogen (secondary N) is 1. The van der Waals surface area contributed by atoms with E-state index in [1.165, 1.54) is 0 Å². The molecule has 0 heterocycles. The van der Waals surface area contributed by atoms with E-state index >= 15 is 0 Å². The number of aryl methyl sites for hydroxylation is 1. The van der Waals surface area contributed by atoms with E-state index in [0.717, 1.165) is 17.7 Å². The molecule has 1 aromatic carbocycles. The number of carboxylic acid groups (broad SMARTS) is 1. The average molecular weight is 291 g/mol. The third-order valence-corrected chi connectivity index (χ3v) is 3.96. The normalized spacial score (nSPS) is 21.0. The lowest BCUT2D eigenvalue weighted by molar-refractivity contribution is -0.141. The van der Waals surface area contributed by atoms with Gasteiger partial charge in [-0.15, -0.1) is 0 Å². The molecule has 1 saturated carbocycles. The van der Waals surface area contributed by atoms with Crippen LogP contribution in [0.25, 0.3) is 0 Å². The van der Waals surface area contributed by atoms with Crippen molar-refractivity contribution in [2.45, 2.75) is 38.1 Å². The van der Waals surface area contributed by atoms with E-state index in [4.69, 9.17) is 9.84 Å². The largest absolute Gasteiger partial charge is 0.496 e. The highest BCUT2D eigenvalue weighted by Gasteiger charge is 2.30. The smallest absolute Gasteiger partial charge is 0.306 e. The summed E-state index contributed by atoms with van der Waals surface area (Å²) in [6, 6.07) is 7.64. The van der Waals surface area contributed by atoms with E-state index in [9.17, 15) is 9.59 Å². The molecule has 21 heavy (non-hydrogen) atoms. The summed E-state index contributed by atoms with van der Waals surface area (Å²) in [6.45, 7) is 0. The summed E-state index contributed by atoms with van der Waals surface area (Å²) in [5.74, 6) is -0.320. The van der Waals surface area contributed by atoms with Crippen molar-refractivity contribution in [3.63, 3.8) is 0 Å². The van der Waals surface area contributed by atoms with Crippen molar-refractivity contribution in [1.82, 2.24) is 5.32 Å². The van der Waals surface area contributed by atoms with Gasteiger partial charge in [-0.2, -0.15) is 0 Å². The Balaban J connectivity index is 1.79. The highest BCUT2D eigenvalue weighted by atomic mass is 16.5. The van der Waals surface area contributed by atoms with Gasteiger partial charge in [-0.1, -0.05) is 18.2 Å². The quantitative estimate of drug-likeness (QED) is 0.840. The average Bonchev–Trinajstić information content (AvgIpc) is 2.94. The molecule has 0 spiro atoms. The number of hydrogen-bond donors (Lipinski definition) is 2. The van der Waals surface area contributed by atoms with Gasteiger partial charge < -0.3 is 15.2 Å². The number of amides is 1. The van der Waals surface area contributed by atoms with E-state index < -0.39 is 5.97 Å². The van der Waals surface area contributed by atoms with Gasteiger partial charge in [-0.05, 0) is 37.3 Å². The van der Waals surface area contributed by atoms with Crippen molar-refractivity contribution in [3.05, 3.63) is 29.8 Å². The fourth-order valence-electron chi connectivity index (χ4n) is 2.79. The van der Waals surface area contributed by atoms with Crippen molar-refractivity contribution in [2.75, 3.05) is 7.11 Å². The van der Waals surface area contributed by atoms with Crippen LogP contribution in [0.15, 0.2) is 24.3 Å². The maximum atomic E-state index is 11.9. The van der Waals surface area contributed by atoms with Crippen molar-refractivity contribution in [3.8, 4) is 5.75 Å². The molecule has 1 aliphatic carbocycles. The van der Waals surface area contributed by atoms with E-state index in [0.29, 0.717) is 25.7 Å². The lowest BCUT2D eigenvalue weighted by Gasteiger charge is -2.13. The Labute approximate surface area is 124 Å². The summed E-state index contributed by atoms with van der Waals surface area (Å²) >= 11 is 0. The van der Waals surface area contributed by atoms with E-state index in [2.05, 4.69) is 5.32 Å². The first kappa shape index (κ1) is 15.4. The van der Waals surface area contributed by atoms with Crippen LogP contribution in [0.2, 0.25) is 0 Å². The minimum Gasteiger partial charge on any atom is -0.496 e. The molecule has 1 aromatic rings. The minimum absolute atomic E-state index is 0.00345. The van der Waals surface area contributed by atoms with Crippen molar-refractivity contribution in [2.24, 2.45) is 5.92 Å². The van der Waals surface area contributed by atoms with Gasteiger partial charge in [0.05, 0.1) is 13.0 Å². The molecule has 0 bridgehead atoms. The number of aliphatic carboxylic acids is 1. The highest BCUT2D eigenvalue weighted by molar-refractivity contribution is 5.77. The Hall–Kier alpha value is -2.04. The SMILES string of the molecule is COc1ccccc1CCC(=O)NC1CCC(C(=O)O)C1. The Morgan fingerprint density at radius 1 is 1.33 bits per heavy atom. The molecular weight excluding hydrogens is 270 g/mol. The summed E-state index contributed by atoms with van der Waals surface area (Å²) in [6.07, 6.45) is 2.93. The molecule has 2 unspecified atom stereocenters. The molecule has 0 aliphatic heterocycles. The highest BCUT2D eigenvalue weighted by Crippen LogP contribution is 2.26. The van der Waals surface area contributed by atoms with Crippen LogP contribution >= 0.6 is 0 Å². The van der Waals surface area contributed by atoms with Crippen molar-refractivity contribution >= 4 is 11.9 Å². The van der Waals surface area contributed by atoms with Gasteiger partial charge >= 0.3 is 5.97 Å². The molecule has 1 fully saturated rings. The van der Waals surface area contributed by atoms with Gasteiger partial charge in [0.1, 0.15) is 5.75 Å². The van der Waals surface area contributed by atoms with Crippen LogP contribution in [0.4, 0.5) is 0 Å². The number of hydrogen-bond acceptors (Lipinski definition) is 3. The zero-order chi connectivity index (χ0) is 15.2. The molecule has 1 aliphatic rings. The van der Waals surface area contributed by atoms with E-state index in [-0.39, 0.29) is 17.9 Å². The minimum atomic E-state index is -0.763. The molecule has 1 amide bonds. The first-order chi connectivity index (χ1) is 10.1. The van der Waals surface area contributed by atoms with Crippen LogP contribution in [0.1, 0.15) is 31.2 Å². The lowest BCUT2D eigenvalue weighted by atomic mass is 10.1. The van der Waals surface area contributed by atoms with Gasteiger partial charge in [0.2, 0.25) is 5.91 Å². The number of para-hydroxylation sites is 1. The van der Waals surface area contributed by atoms with E-state index in [1.54, 1.807) is 7.11 Å². The summed E-state index contributed by atoms with van der Waals surface area (Å²) in [7, 11) is 1.61. The van der Waals surface area contributed by atoms with Crippen molar-refractivity contribution in [1.29, 1.82) is 0 Å². The third kappa shape index (κ3) is 4.21. The number of methoxy groups -OCH3 is 1. The predicted octanol–water partition coefficient (Wildman–Crippen LogP) is 2.00. The monoisotopic (exact) mass is 291 g/mol. The number of carboxylic acids is 1. The maximum Gasteiger partial charge on any atom is 0.306 e. The number of carbonyl (C=O) groups is 2. The number of carbonyl (C=O) groups excluding carboxylic acids is 1. The van der Waals surface area contributed by atoms with Crippen LogP contribution in [0, 0.1) is 5.92 Å². The first-order valence-electron chi connectivity index (χ1n) is 7.24. The van der Waals surface area contributed by atoms with Gasteiger partial charge in [0.15, 0.2) is 0 Å².